The van der Waals surface area contributed by atoms with Gasteiger partial charge in [0.2, 0.25) is 5.91 Å². The Bertz CT molecular complexity index is 834. The summed E-state index contributed by atoms with van der Waals surface area (Å²) in [6.45, 7) is 3.91. The van der Waals surface area contributed by atoms with Crippen LogP contribution in [-0.4, -0.2) is 41.9 Å². The van der Waals surface area contributed by atoms with Crippen LogP contribution in [0.2, 0.25) is 0 Å². The summed E-state index contributed by atoms with van der Waals surface area (Å²) in [5.41, 5.74) is 1.49. The van der Waals surface area contributed by atoms with Crippen molar-refractivity contribution in [3.63, 3.8) is 0 Å². The van der Waals surface area contributed by atoms with E-state index in [1.807, 2.05) is 36.4 Å². The van der Waals surface area contributed by atoms with Crippen molar-refractivity contribution < 1.29 is 19.1 Å². The monoisotopic (exact) mass is 394 g/mol. The Labute approximate surface area is 171 Å². The van der Waals surface area contributed by atoms with Gasteiger partial charge in [-0.2, -0.15) is 0 Å². The third-order valence-corrected chi connectivity index (χ3v) is 4.16. The minimum absolute atomic E-state index is 0.156. The second-order valence-corrected chi connectivity index (χ2v) is 6.54. The number of ether oxygens (including phenoxy) is 1. The minimum atomic E-state index is -0.687. The van der Waals surface area contributed by atoms with E-state index in [9.17, 15) is 14.4 Å². The van der Waals surface area contributed by atoms with Crippen molar-refractivity contribution in [3.8, 4) is 0 Å². The van der Waals surface area contributed by atoms with Crippen LogP contribution in [0.1, 0.15) is 29.8 Å². The third-order valence-electron chi connectivity index (χ3n) is 4.16. The Morgan fingerprint density at radius 2 is 1.62 bits per heavy atom. The fourth-order valence-corrected chi connectivity index (χ4v) is 2.68. The van der Waals surface area contributed by atoms with Crippen LogP contribution < -0.4 is 5.32 Å². The van der Waals surface area contributed by atoms with Crippen molar-refractivity contribution in [2.45, 2.75) is 26.4 Å². The molecule has 0 aliphatic heterocycles. The topological polar surface area (TPSA) is 75.7 Å². The standard InChI is InChI=1S/C23H26N2O4/c1-18(24-22(27)21-13-7-4-8-14-21)23(28)25(15-9-10-16-29-19(2)26)17-20-11-5-3-6-12-20/h3-14,18H,15-17H2,1-2H3,(H,24,27)/b10-9+/t18-/m0/s1. The average Bonchev–Trinajstić information content (AvgIpc) is 2.73. The van der Waals surface area contributed by atoms with Gasteiger partial charge < -0.3 is 15.0 Å². The summed E-state index contributed by atoms with van der Waals surface area (Å²) >= 11 is 0. The number of esters is 1. The number of nitrogens with one attached hydrogen (secondary N) is 1. The van der Waals surface area contributed by atoms with Gasteiger partial charge in [-0.05, 0) is 30.7 Å². The zero-order valence-corrected chi connectivity index (χ0v) is 16.7. The zero-order chi connectivity index (χ0) is 21.1. The SMILES string of the molecule is CC(=O)OC/C=C/CN(Cc1ccccc1)C(=O)[C@H](C)NC(=O)c1ccccc1. The highest BCUT2D eigenvalue weighted by Gasteiger charge is 2.22. The van der Waals surface area contributed by atoms with E-state index in [0.717, 1.165) is 5.56 Å². The molecule has 29 heavy (non-hydrogen) atoms. The predicted molar refractivity (Wildman–Crippen MR) is 111 cm³/mol. The molecule has 1 N–H and O–H groups in total. The molecule has 0 fully saturated rings. The number of benzene rings is 2. The van der Waals surface area contributed by atoms with Crippen LogP contribution in [0.25, 0.3) is 0 Å². The van der Waals surface area contributed by atoms with Gasteiger partial charge in [-0.15, -0.1) is 0 Å². The molecule has 6 heteroatoms. The van der Waals surface area contributed by atoms with Crippen LogP contribution in [0.15, 0.2) is 72.8 Å². The minimum Gasteiger partial charge on any atom is -0.462 e. The van der Waals surface area contributed by atoms with E-state index in [1.54, 1.807) is 48.2 Å². The number of carbonyl (C=O) groups is 3. The average molecular weight is 394 g/mol. The van der Waals surface area contributed by atoms with Crippen LogP contribution in [0.5, 0.6) is 0 Å². The first-order chi connectivity index (χ1) is 14.0. The van der Waals surface area contributed by atoms with E-state index in [4.69, 9.17) is 4.74 Å². The molecule has 2 aromatic carbocycles. The molecule has 0 heterocycles. The lowest BCUT2D eigenvalue weighted by molar-refractivity contribution is -0.139. The molecule has 6 nitrogen and oxygen atoms in total. The Balaban J connectivity index is 2.03. The molecule has 0 bridgehead atoms. The molecule has 0 saturated carbocycles. The van der Waals surface area contributed by atoms with E-state index in [1.165, 1.54) is 6.92 Å². The van der Waals surface area contributed by atoms with Crippen molar-refractivity contribution in [1.29, 1.82) is 0 Å². The molecular weight excluding hydrogens is 368 g/mol. The molecule has 0 unspecified atom stereocenters. The van der Waals surface area contributed by atoms with E-state index in [0.29, 0.717) is 18.7 Å². The summed E-state index contributed by atoms with van der Waals surface area (Å²) in [6, 6.07) is 17.7. The maximum atomic E-state index is 13.0. The van der Waals surface area contributed by atoms with E-state index >= 15 is 0 Å². The van der Waals surface area contributed by atoms with Gasteiger partial charge in [-0.3, -0.25) is 14.4 Å². The van der Waals surface area contributed by atoms with Gasteiger partial charge in [0.1, 0.15) is 12.6 Å². The van der Waals surface area contributed by atoms with Crippen molar-refractivity contribution in [2.24, 2.45) is 0 Å². The van der Waals surface area contributed by atoms with E-state index in [2.05, 4.69) is 5.32 Å². The van der Waals surface area contributed by atoms with Crippen molar-refractivity contribution in [3.05, 3.63) is 83.9 Å². The highest BCUT2D eigenvalue weighted by atomic mass is 16.5. The normalized spacial score (nSPS) is 11.7. The number of carbonyl (C=O) groups excluding carboxylic acids is 3. The van der Waals surface area contributed by atoms with E-state index < -0.39 is 6.04 Å². The first-order valence-corrected chi connectivity index (χ1v) is 9.44. The van der Waals surface area contributed by atoms with Crippen LogP contribution in [0.3, 0.4) is 0 Å². The van der Waals surface area contributed by atoms with Gasteiger partial charge in [0.25, 0.3) is 5.91 Å². The molecule has 152 valence electrons. The van der Waals surface area contributed by atoms with Crippen LogP contribution in [0, 0.1) is 0 Å². The Morgan fingerprint density at radius 3 is 2.24 bits per heavy atom. The predicted octanol–water partition coefficient (Wildman–Crippen LogP) is 2.95. The molecular formula is C23H26N2O4. The van der Waals surface area contributed by atoms with Crippen molar-refractivity contribution in [2.75, 3.05) is 13.2 Å². The number of nitrogens with zero attached hydrogens (tertiary/aromatic N) is 1. The first kappa shape index (κ1) is 21.9. The Morgan fingerprint density at radius 1 is 1.00 bits per heavy atom. The smallest absolute Gasteiger partial charge is 0.302 e. The number of hydrogen-bond donors (Lipinski definition) is 1. The van der Waals surface area contributed by atoms with Crippen LogP contribution in [-0.2, 0) is 20.9 Å². The molecule has 0 radical (unpaired) electrons. The number of rotatable bonds is 9. The second kappa shape index (κ2) is 11.4. The summed E-state index contributed by atoms with van der Waals surface area (Å²) in [5.74, 6) is -0.851. The summed E-state index contributed by atoms with van der Waals surface area (Å²) in [4.78, 5) is 37.8. The van der Waals surface area contributed by atoms with Gasteiger partial charge in [-0.1, -0.05) is 54.6 Å². The molecule has 0 aromatic heterocycles. The molecule has 2 amide bonds. The van der Waals surface area contributed by atoms with Gasteiger partial charge in [0.05, 0.1) is 0 Å². The summed E-state index contributed by atoms with van der Waals surface area (Å²) in [7, 11) is 0. The fourth-order valence-electron chi connectivity index (χ4n) is 2.68. The molecule has 0 aliphatic carbocycles. The van der Waals surface area contributed by atoms with Gasteiger partial charge in [0, 0.05) is 25.6 Å². The zero-order valence-electron chi connectivity index (χ0n) is 16.7. The second-order valence-electron chi connectivity index (χ2n) is 6.54. The van der Waals surface area contributed by atoms with Crippen LogP contribution >= 0.6 is 0 Å². The summed E-state index contributed by atoms with van der Waals surface area (Å²) < 4.78 is 4.87. The van der Waals surface area contributed by atoms with Gasteiger partial charge >= 0.3 is 5.97 Å². The van der Waals surface area contributed by atoms with Crippen LogP contribution in [0.4, 0.5) is 0 Å². The Kier molecular flexibility index (Phi) is 8.63. The lowest BCUT2D eigenvalue weighted by Crippen LogP contribution is -2.46. The molecule has 0 saturated heterocycles. The quantitative estimate of drug-likeness (QED) is 0.524. The number of amides is 2. The Hall–Kier alpha value is -3.41. The lowest BCUT2D eigenvalue weighted by atomic mass is 10.1. The van der Waals surface area contributed by atoms with Gasteiger partial charge in [0.15, 0.2) is 0 Å². The maximum absolute atomic E-state index is 13.0. The maximum Gasteiger partial charge on any atom is 0.302 e. The molecule has 2 aromatic rings. The van der Waals surface area contributed by atoms with Crippen molar-refractivity contribution >= 4 is 17.8 Å². The molecule has 2 rings (SSSR count). The molecule has 0 spiro atoms. The van der Waals surface area contributed by atoms with E-state index in [-0.39, 0.29) is 24.4 Å². The summed E-state index contributed by atoms with van der Waals surface area (Å²) in [5, 5.41) is 2.76. The fraction of sp³-hybridized carbons (Fsp3) is 0.261. The highest BCUT2D eigenvalue weighted by molar-refractivity contribution is 5.97. The first-order valence-electron chi connectivity index (χ1n) is 9.44. The molecule has 0 aliphatic rings. The molecule has 1 atom stereocenters. The van der Waals surface area contributed by atoms with Crippen molar-refractivity contribution in [1.82, 2.24) is 10.2 Å². The lowest BCUT2D eigenvalue weighted by Gasteiger charge is -2.25. The number of hydrogen-bond acceptors (Lipinski definition) is 4. The third kappa shape index (κ3) is 7.62. The highest BCUT2D eigenvalue weighted by Crippen LogP contribution is 2.08. The van der Waals surface area contributed by atoms with Gasteiger partial charge in [-0.25, -0.2) is 0 Å². The largest absolute Gasteiger partial charge is 0.462 e. The summed E-state index contributed by atoms with van der Waals surface area (Å²) in [6.07, 6.45) is 3.47.